The lowest BCUT2D eigenvalue weighted by molar-refractivity contribution is 0.760. The smallest absolute Gasteiger partial charge is 0.316 e. The van der Waals surface area contributed by atoms with E-state index < -0.39 is 0 Å². The Bertz CT molecular complexity index is 839. The number of fused-ring (bicyclic) bond motifs is 1. The standard InChI is InChI=1S/C14H15N5OS/c1-15-8-10-7-9-5-3-4-6-11(9)16-12(10)21-14-18-17-13(20)19(14)2/h3-7,15H,8H2,1-2H3,(H,17,20). The molecular formula is C14H15N5OS. The molecule has 2 heterocycles. The zero-order chi connectivity index (χ0) is 14.8. The summed E-state index contributed by atoms with van der Waals surface area (Å²) in [6.07, 6.45) is 0. The van der Waals surface area contributed by atoms with Crippen LogP contribution in [0.25, 0.3) is 10.9 Å². The predicted octanol–water partition coefficient (Wildman–Crippen LogP) is 1.53. The van der Waals surface area contributed by atoms with Crippen LogP contribution in [-0.2, 0) is 13.6 Å². The monoisotopic (exact) mass is 301 g/mol. The molecule has 0 fully saturated rings. The summed E-state index contributed by atoms with van der Waals surface area (Å²) in [5, 5.41) is 12.2. The SMILES string of the molecule is CNCc1cc2ccccc2nc1Sc1n[nH]c(=O)n1C. The molecule has 21 heavy (non-hydrogen) atoms. The summed E-state index contributed by atoms with van der Waals surface area (Å²) in [4.78, 5) is 16.1. The zero-order valence-electron chi connectivity index (χ0n) is 11.8. The van der Waals surface area contributed by atoms with E-state index in [1.54, 1.807) is 7.05 Å². The average Bonchev–Trinajstić information content (AvgIpc) is 2.80. The van der Waals surface area contributed by atoms with E-state index in [0.29, 0.717) is 11.7 Å². The first-order valence-corrected chi connectivity index (χ1v) is 7.33. The number of aromatic nitrogens is 4. The number of hydrogen-bond acceptors (Lipinski definition) is 5. The number of nitrogens with zero attached hydrogens (tertiary/aromatic N) is 3. The highest BCUT2D eigenvalue weighted by Gasteiger charge is 2.12. The quantitative estimate of drug-likeness (QED) is 0.764. The second kappa shape index (κ2) is 5.71. The van der Waals surface area contributed by atoms with Crippen molar-refractivity contribution in [2.75, 3.05) is 7.05 Å². The molecule has 0 atom stereocenters. The topological polar surface area (TPSA) is 75.6 Å². The third kappa shape index (κ3) is 2.70. The third-order valence-electron chi connectivity index (χ3n) is 3.16. The molecule has 2 N–H and O–H groups in total. The molecule has 3 aromatic rings. The van der Waals surface area contributed by atoms with Crippen LogP contribution in [0.15, 0.2) is 45.3 Å². The van der Waals surface area contributed by atoms with E-state index in [4.69, 9.17) is 4.98 Å². The van der Waals surface area contributed by atoms with Crippen molar-refractivity contribution in [2.24, 2.45) is 7.05 Å². The Labute approximate surface area is 125 Å². The van der Waals surface area contributed by atoms with Gasteiger partial charge in [0.25, 0.3) is 0 Å². The summed E-state index contributed by atoms with van der Waals surface area (Å²) < 4.78 is 1.48. The van der Waals surface area contributed by atoms with Crippen LogP contribution in [0.3, 0.4) is 0 Å². The lowest BCUT2D eigenvalue weighted by Crippen LogP contribution is -2.13. The normalized spacial score (nSPS) is 11.1. The molecule has 0 saturated heterocycles. The highest BCUT2D eigenvalue weighted by atomic mass is 32.2. The molecule has 3 rings (SSSR count). The van der Waals surface area contributed by atoms with Crippen LogP contribution in [0.4, 0.5) is 0 Å². The van der Waals surface area contributed by atoms with Crippen LogP contribution in [-0.4, -0.2) is 26.8 Å². The number of rotatable bonds is 4. The molecule has 0 spiro atoms. The van der Waals surface area contributed by atoms with Crippen molar-refractivity contribution in [3.63, 3.8) is 0 Å². The number of nitrogens with one attached hydrogen (secondary N) is 2. The first-order valence-electron chi connectivity index (χ1n) is 6.51. The van der Waals surface area contributed by atoms with E-state index >= 15 is 0 Å². The molecule has 0 aliphatic rings. The molecule has 108 valence electrons. The van der Waals surface area contributed by atoms with Gasteiger partial charge in [0.15, 0.2) is 5.16 Å². The molecule has 0 bridgehead atoms. The molecule has 0 saturated carbocycles. The Morgan fingerprint density at radius 3 is 2.90 bits per heavy atom. The number of benzene rings is 1. The predicted molar refractivity (Wildman–Crippen MR) is 82.5 cm³/mol. The van der Waals surface area contributed by atoms with Gasteiger partial charge in [0, 0.05) is 19.0 Å². The first kappa shape index (κ1) is 13.8. The number of aromatic amines is 1. The van der Waals surface area contributed by atoms with Gasteiger partial charge in [-0.2, -0.15) is 0 Å². The minimum absolute atomic E-state index is 0.228. The third-order valence-corrected chi connectivity index (χ3v) is 4.25. The van der Waals surface area contributed by atoms with Gasteiger partial charge in [-0.25, -0.2) is 14.9 Å². The molecule has 0 aliphatic carbocycles. The maximum Gasteiger partial charge on any atom is 0.343 e. The molecular weight excluding hydrogens is 286 g/mol. The van der Waals surface area contributed by atoms with Gasteiger partial charge in [-0.05, 0) is 36.5 Å². The van der Waals surface area contributed by atoms with Crippen LogP contribution in [0.1, 0.15) is 5.56 Å². The molecule has 0 unspecified atom stereocenters. The summed E-state index contributed by atoms with van der Waals surface area (Å²) in [6.45, 7) is 0.707. The van der Waals surface area contributed by atoms with Crippen LogP contribution < -0.4 is 11.0 Å². The minimum Gasteiger partial charge on any atom is -0.316 e. The highest BCUT2D eigenvalue weighted by Crippen LogP contribution is 2.29. The van der Waals surface area contributed by atoms with Crippen molar-refractivity contribution < 1.29 is 0 Å². The number of pyridine rings is 1. The molecule has 7 heteroatoms. The lowest BCUT2D eigenvalue weighted by atomic mass is 10.1. The second-order valence-electron chi connectivity index (χ2n) is 4.65. The molecule has 0 aliphatic heterocycles. The van der Waals surface area contributed by atoms with Gasteiger partial charge in [0.1, 0.15) is 5.03 Å². The highest BCUT2D eigenvalue weighted by molar-refractivity contribution is 7.99. The summed E-state index contributed by atoms with van der Waals surface area (Å²) in [7, 11) is 3.58. The van der Waals surface area contributed by atoms with Gasteiger partial charge >= 0.3 is 5.69 Å². The van der Waals surface area contributed by atoms with Crippen molar-refractivity contribution in [2.45, 2.75) is 16.7 Å². The molecule has 6 nitrogen and oxygen atoms in total. The van der Waals surface area contributed by atoms with Crippen molar-refractivity contribution in [3.05, 3.63) is 46.4 Å². The van der Waals surface area contributed by atoms with E-state index in [9.17, 15) is 4.79 Å². The number of H-pyrrole nitrogens is 1. The first-order chi connectivity index (χ1) is 10.2. The van der Waals surface area contributed by atoms with Crippen LogP contribution in [0.2, 0.25) is 0 Å². The Morgan fingerprint density at radius 1 is 1.38 bits per heavy atom. The zero-order valence-corrected chi connectivity index (χ0v) is 12.6. The van der Waals surface area contributed by atoms with E-state index in [1.807, 2.05) is 31.3 Å². The minimum atomic E-state index is -0.228. The van der Waals surface area contributed by atoms with Crippen molar-refractivity contribution >= 4 is 22.7 Å². The van der Waals surface area contributed by atoms with Crippen molar-refractivity contribution in [1.82, 2.24) is 25.1 Å². The maximum atomic E-state index is 11.5. The molecule has 2 aromatic heterocycles. The average molecular weight is 301 g/mol. The fourth-order valence-electron chi connectivity index (χ4n) is 2.06. The number of hydrogen-bond donors (Lipinski definition) is 2. The Balaban J connectivity index is 2.08. The summed E-state index contributed by atoms with van der Waals surface area (Å²) in [6, 6.07) is 10.1. The van der Waals surface area contributed by atoms with E-state index in [-0.39, 0.29) is 5.69 Å². The van der Waals surface area contributed by atoms with E-state index in [0.717, 1.165) is 21.5 Å². The fourth-order valence-corrected chi connectivity index (χ4v) is 2.95. The second-order valence-corrected chi connectivity index (χ2v) is 5.60. The largest absolute Gasteiger partial charge is 0.343 e. The fraction of sp³-hybridized carbons (Fsp3) is 0.214. The Morgan fingerprint density at radius 2 is 2.19 bits per heavy atom. The van der Waals surface area contributed by atoms with Gasteiger partial charge in [-0.3, -0.25) is 4.57 Å². The van der Waals surface area contributed by atoms with Crippen LogP contribution in [0, 0.1) is 0 Å². The number of para-hydroxylation sites is 1. The lowest BCUT2D eigenvalue weighted by Gasteiger charge is -2.09. The molecule has 0 amide bonds. The van der Waals surface area contributed by atoms with Gasteiger partial charge in [-0.1, -0.05) is 18.2 Å². The Kier molecular flexibility index (Phi) is 3.76. The molecule has 1 aromatic carbocycles. The van der Waals surface area contributed by atoms with Crippen molar-refractivity contribution in [1.29, 1.82) is 0 Å². The summed E-state index contributed by atoms with van der Waals surface area (Å²) >= 11 is 1.39. The van der Waals surface area contributed by atoms with Gasteiger partial charge < -0.3 is 5.32 Å². The van der Waals surface area contributed by atoms with Gasteiger partial charge in [-0.15, -0.1) is 5.10 Å². The van der Waals surface area contributed by atoms with E-state index in [2.05, 4.69) is 21.6 Å². The van der Waals surface area contributed by atoms with Crippen molar-refractivity contribution in [3.8, 4) is 0 Å². The maximum absolute atomic E-state index is 11.5. The summed E-state index contributed by atoms with van der Waals surface area (Å²) in [5.41, 5.74) is 1.78. The summed E-state index contributed by atoms with van der Waals surface area (Å²) in [5.74, 6) is 0. The Hall–Kier alpha value is -2.12. The van der Waals surface area contributed by atoms with Gasteiger partial charge in [0.2, 0.25) is 0 Å². The molecule has 0 radical (unpaired) electrons. The van der Waals surface area contributed by atoms with Crippen LogP contribution >= 0.6 is 11.8 Å². The van der Waals surface area contributed by atoms with E-state index in [1.165, 1.54) is 16.3 Å². The van der Waals surface area contributed by atoms with Gasteiger partial charge in [0.05, 0.1) is 5.52 Å². The van der Waals surface area contributed by atoms with Crippen LogP contribution in [0.5, 0.6) is 0 Å².